The fourth-order valence-corrected chi connectivity index (χ4v) is 7.59. The average Bonchev–Trinajstić information content (AvgIpc) is 2.95. The van der Waals surface area contributed by atoms with E-state index in [1.165, 1.54) is 31.4 Å². The zero-order valence-electron chi connectivity index (χ0n) is 27.0. The molecule has 1 N–H and O–H groups in total. The van der Waals surface area contributed by atoms with Gasteiger partial charge < -0.3 is 18.8 Å². The van der Waals surface area contributed by atoms with E-state index in [1.54, 1.807) is 0 Å². The van der Waals surface area contributed by atoms with Gasteiger partial charge in [0, 0.05) is 47.4 Å². The Morgan fingerprint density at radius 3 is 1.64 bits per heavy atom. The minimum atomic E-state index is -5.85. The molecule has 0 unspecified atom stereocenters. The lowest BCUT2D eigenvalue weighted by atomic mass is 9.87. The van der Waals surface area contributed by atoms with Crippen molar-refractivity contribution in [3.8, 4) is 23.0 Å². The van der Waals surface area contributed by atoms with Crippen molar-refractivity contribution in [2.45, 2.75) is 121 Å². The molecule has 8 nitrogen and oxygen atoms in total. The summed E-state index contributed by atoms with van der Waals surface area (Å²) >= 11 is 0. The van der Waals surface area contributed by atoms with E-state index in [0.717, 1.165) is 31.4 Å². The van der Waals surface area contributed by atoms with E-state index < -0.39 is 27.2 Å². The Morgan fingerprint density at radius 2 is 1.21 bits per heavy atom. The lowest BCUT2D eigenvalue weighted by Crippen LogP contribution is -2.54. The van der Waals surface area contributed by atoms with Crippen LogP contribution in [0.5, 0.6) is 23.0 Å². The maximum atomic E-state index is 14.1. The molecule has 4 aliphatic rings. The molecule has 6 rings (SSSR count). The standard InChI is InChI=1S/C17H21F4NO4S.C16H22FNO2/c1-10(2)22(11-4-3-5-11)12-8-13-15(26-27(23,24)17(19,20)21)7-6-14(18)16(13)25-9-12;1-10(2)18(11-4-3-5-11)12-8-13-15(19)7-6-14(17)16(13)20-9-12/h6-7,10-12H,3-5,8-9H2,1-2H3;6-7,10-12,19H,3-5,8-9H2,1-2H3/t2*12-/m11/s1. The quantitative estimate of drug-likeness (QED) is 0.186. The summed E-state index contributed by atoms with van der Waals surface area (Å²) in [5.41, 5.74) is -4.95. The van der Waals surface area contributed by atoms with E-state index in [1.807, 2.05) is 13.8 Å². The number of phenols is 1. The van der Waals surface area contributed by atoms with Crippen molar-refractivity contribution in [2.75, 3.05) is 13.2 Å². The summed E-state index contributed by atoms with van der Waals surface area (Å²) in [6.07, 6.45) is 7.68. The molecule has 2 saturated carbocycles. The number of hydrogen-bond donors (Lipinski definition) is 1. The maximum absolute atomic E-state index is 14.1. The molecule has 0 amide bonds. The van der Waals surface area contributed by atoms with Crippen LogP contribution in [0.25, 0.3) is 0 Å². The number of halogens is 5. The highest BCUT2D eigenvalue weighted by atomic mass is 32.2. The predicted molar refractivity (Wildman–Crippen MR) is 165 cm³/mol. The van der Waals surface area contributed by atoms with Gasteiger partial charge in [-0.1, -0.05) is 12.8 Å². The normalized spacial score (nSPS) is 21.6. The molecular weight excluding hydrogens is 647 g/mol. The van der Waals surface area contributed by atoms with Crippen molar-refractivity contribution in [3.05, 3.63) is 47.0 Å². The smallest absolute Gasteiger partial charge is 0.508 e. The number of aromatic hydroxyl groups is 1. The fraction of sp³-hybridized carbons (Fsp3) is 0.636. The zero-order chi connectivity index (χ0) is 34.3. The van der Waals surface area contributed by atoms with E-state index in [4.69, 9.17) is 9.47 Å². The van der Waals surface area contributed by atoms with Crippen LogP contribution in [0.4, 0.5) is 22.0 Å². The van der Waals surface area contributed by atoms with Gasteiger partial charge in [0.2, 0.25) is 0 Å². The molecule has 2 aliphatic heterocycles. The molecule has 2 atom stereocenters. The van der Waals surface area contributed by atoms with Crippen LogP contribution in [0.15, 0.2) is 24.3 Å². The number of fused-ring (bicyclic) bond motifs is 2. The molecule has 2 aliphatic carbocycles. The molecule has 2 heterocycles. The third kappa shape index (κ3) is 7.44. The van der Waals surface area contributed by atoms with Crippen LogP contribution < -0.4 is 13.7 Å². The predicted octanol–water partition coefficient (Wildman–Crippen LogP) is 6.72. The summed E-state index contributed by atoms with van der Waals surface area (Å²) in [6.45, 7) is 9.07. The lowest BCUT2D eigenvalue weighted by molar-refractivity contribution is -0.0500. The van der Waals surface area contributed by atoms with Crippen LogP contribution in [0.1, 0.15) is 77.3 Å². The summed E-state index contributed by atoms with van der Waals surface area (Å²) in [5.74, 6) is -1.57. The van der Waals surface area contributed by atoms with Gasteiger partial charge >= 0.3 is 15.6 Å². The highest BCUT2D eigenvalue weighted by Gasteiger charge is 2.49. The van der Waals surface area contributed by atoms with Gasteiger partial charge in [-0.05, 0) is 90.5 Å². The number of alkyl halides is 3. The van der Waals surface area contributed by atoms with E-state index in [9.17, 15) is 35.5 Å². The van der Waals surface area contributed by atoms with Crippen LogP contribution in [-0.2, 0) is 23.0 Å². The van der Waals surface area contributed by atoms with E-state index in [-0.39, 0.29) is 59.8 Å². The number of benzene rings is 2. The molecular formula is C33H43F5N2O6S. The SMILES string of the molecule is CC(C)N(C1CCC1)[C@H]1COc2c(F)ccc(O)c2C1.CC(C)N(C1CCC1)[C@H]1COc2c(F)ccc(OS(=O)(=O)C(F)(F)F)c2C1. The molecule has 14 heteroatoms. The number of ether oxygens (including phenoxy) is 2. The van der Waals surface area contributed by atoms with Gasteiger partial charge in [-0.2, -0.15) is 21.6 Å². The monoisotopic (exact) mass is 690 g/mol. The largest absolute Gasteiger partial charge is 0.534 e. The van der Waals surface area contributed by atoms with Crippen molar-refractivity contribution in [1.29, 1.82) is 0 Å². The van der Waals surface area contributed by atoms with Crippen LogP contribution in [0.3, 0.4) is 0 Å². The molecule has 0 spiro atoms. The van der Waals surface area contributed by atoms with Crippen LogP contribution in [-0.4, -0.2) is 78.3 Å². The lowest BCUT2D eigenvalue weighted by Gasteiger charge is -2.46. The Labute approximate surface area is 272 Å². The fourth-order valence-electron chi connectivity index (χ4n) is 7.10. The number of nitrogens with zero attached hydrogens (tertiary/aromatic N) is 2. The van der Waals surface area contributed by atoms with Crippen LogP contribution >= 0.6 is 0 Å². The van der Waals surface area contributed by atoms with E-state index >= 15 is 0 Å². The minimum Gasteiger partial charge on any atom is -0.508 e. The van der Waals surface area contributed by atoms with Crippen LogP contribution in [0.2, 0.25) is 0 Å². The first kappa shape index (κ1) is 35.5. The first-order valence-corrected chi connectivity index (χ1v) is 17.6. The second-order valence-electron chi connectivity index (χ2n) is 13.3. The molecule has 2 aromatic carbocycles. The first-order valence-electron chi connectivity index (χ1n) is 16.2. The topological polar surface area (TPSA) is 88.5 Å². The van der Waals surface area contributed by atoms with Crippen molar-refractivity contribution >= 4 is 10.1 Å². The Balaban J connectivity index is 0.000000193. The second-order valence-corrected chi connectivity index (χ2v) is 14.8. The summed E-state index contributed by atoms with van der Waals surface area (Å²) in [4.78, 5) is 4.69. The molecule has 0 aromatic heterocycles. The van der Waals surface area contributed by atoms with Gasteiger partial charge in [0.15, 0.2) is 23.1 Å². The number of phenolic OH excluding ortho intramolecular Hbond substituents is 1. The molecule has 2 fully saturated rings. The van der Waals surface area contributed by atoms with Crippen molar-refractivity contribution < 1.29 is 49.1 Å². The third-order valence-electron chi connectivity index (χ3n) is 9.59. The highest BCUT2D eigenvalue weighted by Crippen LogP contribution is 2.41. The molecule has 2 aromatic rings. The van der Waals surface area contributed by atoms with Crippen molar-refractivity contribution in [2.24, 2.45) is 0 Å². The number of rotatable bonds is 8. The van der Waals surface area contributed by atoms with Gasteiger partial charge in [0.1, 0.15) is 24.7 Å². The van der Waals surface area contributed by atoms with E-state index in [2.05, 4.69) is 27.8 Å². The maximum Gasteiger partial charge on any atom is 0.534 e. The van der Waals surface area contributed by atoms with Gasteiger partial charge in [0.05, 0.1) is 0 Å². The molecule has 47 heavy (non-hydrogen) atoms. The molecule has 0 bridgehead atoms. The number of hydrogen-bond acceptors (Lipinski definition) is 8. The van der Waals surface area contributed by atoms with Crippen LogP contribution in [0, 0.1) is 11.6 Å². The van der Waals surface area contributed by atoms with Gasteiger partial charge in [0.25, 0.3) is 0 Å². The van der Waals surface area contributed by atoms with Crippen molar-refractivity contribution in [1.82, 2.24) is 9.80 Å². The van der Waals surface area contributed by atoms with Gasteiger partial charge in [-0.15, -0.1) is 0 Å². The minimum absolute atomic E-state index is 0.00375. The third-order valence-corrected chi connectivity index (χ3v) is 10.6. The Kier molecular flexibility index (Phi) is 10.5. The molecule has 0 saturated heterocycles. The molecule has 262 valence electrons. The summed E-state index contributed by atoms with van der Waals surface area (Å²) < 4.78 is 104. The summed E-state index contributed by atoms with van der Waals surface area (Å²) in [6, 6.07) is 5.97. The van der Waals surface area contributed by atoms with Gasteiger partial charge in [-0.3, -0.25) is 9.80 Å². The Bertz CT molecular complexity index is 1530. The highest BCUT2D eigenvalue weighted by molar-refractivity contribution is 7.88. The zero-order valence-corrected chi connectivity index (χ0v) is 27.8. The summed E-state index contributed by atoms with van der Waals surface area (Å²) in [5, 5.41) is 9.96. The summed E-state index contributed by atoms with van der Waals surface area (Å²) in [7, 11) is -5.85. The van der Waals surface area contributed by atoms with Gasteiger partial charge in [-0.25, -0.2) is 8.78 Å². The second kappa shape index (κ2) is 13.9. The first-order chi connectivity index (χ1) is 22.1. The Morgan fingerprint density at radius 1 is 0.766 bits per heavy atom. The average molecular weight is 691 g/mol. The van der Waals surface area contributed by atoms with E-state index in [0.29, 0.717) is 36.7 Å². The Hall–Kier alpha value is -2.84. The molecule has 0 radical (unpaired) electrons. The van der Waals surface area contributed by atoms with Crippen molar-refractivity contribution in [3.63, 3.8) is 0 Å².